The largest absolute Gasteiger partial charge is 0.468 e. The van der Waals surface area contributed by atoms with Crippen molar-refractivity contribution in [1.82, 2.24) is 10.3 Å². The summed E-state index contributed by atoms with van der Waals surface area (Å²) in [6.07, 6.45) is 6.18. The minimum Gasteiger partial charge on any atom is -0.468 e. The molecule has 1 heterocycles. The number of aromatic nitrogens is 1. The number of hydrogen-bond donors (Lipinski definition) is 3. The Morgan fingerprint density at radius 3 is 2.58 bits per heavy atom. The van der Waals surface area contributed by atoms with Crippen molar-refractivity contribution in [2.75, 3.05) is 19.0 Å². The SMILES string of the molecule is COC(=O)CNC(=O)C=Cc1cccc(-c2cc(C(=O)Nc3ccncc3)ccc2CN)c1. The topological polar surface area (TPSA) is 123 Å². The number of methoxy groups -OCH3 is 1. The zero-order valence-electron chi connectivity index (χ0n) is 18.1. The number of nitrogens with two attached hydrogens (primary N) is 1. The second kappa shape index (κ2) is 11.4. The quantitative estimate of drug-likeness (QED) is 0.363. The zero-order chi connectivity index (χ0) is 23.6. The van der Waals surface area contributed by atoms with E-state index in [-0.39, 0.29) is 12.5 Å². The van der Waals surface area contributed by atoms with E-state index < -0.39 is 11.9 Å². The predicted molar refractivity (Wildman–Crippen MR) is 126 cm³/mol. The average molecular weight is 444 g/mol. The molecule has 0 unspecified atom stereocenters. The fourth-order valence-electron chi connectivity index (χ4n) is 3.08. The summed E-state index contributed by atoms with van der Waals surface area (Å²) in [4.78, 5) is 39.7. The van der Waals surface area contributed by atoms with E-state index in [4.69, 9.17) is 5.73 Å². The molecule has 2 aromatic carbocycles. The van der Waals surface area contributed by atoms with E-state index in [0.29, 0.717) is 17.8 Å². The highest BCUT2D eigenvalue weighted by Crippen LogP contribution is 2.27. The molecule has 0 saturated heterocycles. The summed E-state index contributed by atoms with van der Waals surface area (Å²) < 4.78 is 4.49. The first-order valence-corrected chi connectivity index (χ1v) is 10.2. The molecule has 0 bridgehead atoms. The van der Waals surface area contributed by atoms with Crippen molar-refractivity contribution >= 4 is 29.5 Å². The van der Waals surface area contributed by atoms with Crippen molar-refractivity contribution in [2.24, 2.45) is 5.73 Å². The number of hydrogen-bond acceptors (Lipinski definition) is 6. The fourth-order valence-corrected chi connectivity index (χ4v) is 3.08. The Labute approximate surface area is 191 Å². The second-order valence-corrected chi connectivity index (χ2v) is 7.02. The molecule has 2 amide bonds. The molecule has 0 radical (unpaired) electrons. The van der Waals surface area contributed by atoms with Crippen LogP contribution >= 0.6 is 0 Å². The minimum absolute atomic E-state index is 0.200. The first-order chi connectivity index (χ1) is 16.0. The van der Waals surface area contributed by atoms with Gasteiger partial charge < -0.3 is 21.1 Å². The summed E-state index contributed by atoms with van der Waals surface area (Å²) in [5, 5.41) is 5.29. The lowest BCUT2D eigenvalue weighted by atomic mass is 9.95. The lowest BCUT2D eigenvalue weighted by Gasteiger charge is -2.12. The molecular weight excluding hydrogens is 420 g/mol. The van der Waals surface area contributed by atoms with E-state index >= 15 is 0 Å². The molecule has 0 spiro atoms. The molecule has 3 rings (SSSR count). The third-order valence-corrected chi connectivity index (χ3v) is 4.79. The van der Waals surface area contributed by atoms with Crippen LogP contribution < -0.4 is 16.4 Å². The Balaban J connectivity index is 1.81. The van der Waals surface area contributed by atoms with Crippen LogP contribution in [0.25, 0.3) is 17.2 Å². The molecule has 33 heavy (non-hydrogen) atoms. The van der Waals surface area contributed by atoms with Crippen molar-refractivity contribution in [3.8, 4) is 11.1 Å². The molecule has 0 aliphatic carbocycles. The van der Waals surface area contributed by atoms with Gasteiger partial charge in [-0.15, -0.1) is 0 Å². The summed E-state index contributed by atoms with van der Waals surface area (Å²) in [5.74, 6) is -1.19. The van der Waals surface area contributed by atoms with Crippen LogP contribution in [-0.2, 0) is 20.9 Å². The average Bonchev–Trinajstić information content (AvgIpc) is 2.86. The van der Waals surface area contributed by atoms with Crippen molar-refractivity contribution in [3.63, 3.8) is 0 Å². The van der Waals surface area contributed by atoms with Crippen molar-refractivity contribution < 1.29 is 19.1 Å². The van der Waals surface area contributed by atoms with Crippen LogP contribution in [0.1, 0.15) is 21.5 Å². The summed E-state index contributed by atoms with van der Waals surface area (Å²) in [6.45, 7) is 0.103. The molecule has 3 aromatic rings. The van der Waals surface area contributed by atoms with Crippen LogP contribution in [0, 0.1) is 0 Å². The maximum atomic E-state index is 12.7. The van der Waals surface area contributed by atoms with Crippen molar-refractivity contribution in [2.45, 2.75) is 6.54 Å². The van der Waals surface area contributed by atoms with Gasteiger partial charge in [0.05, 0.1) is 7.11 Å². The highest BCUT2D eigenvalue weighted by atomic mass is 16.5. The summed E-state index contributed by atoms with van der Waals surface area (Å²) in [6, 6.07) is 16.3. The minimum atomic E-state index is -0.527. The predicted octanol–water partition coefficient (Wildman–Crippen LogP) is 2.76. The van der Waals surface area contributed by atoms with E-state index in [1.165, 1.54) is 13.2 Å². The third kappa shape index (κ3) is 6.59. The van der Waals surface area contributed by atoms with Gasteiger partial charge in [-0.2, -0.15) is 0 Å². The lowest BCUT2D eigenvalue weighted by molar-refractivity contribution is -0.140. The highest BCUT2D eigenvalue weighted by molar-refractivity contribution is 6.05. The first-order valence-electron chi connectivity index (χ1n) is 10.2. The van der Waals surface area contributed by atoms with Gasteiger partial charge >= 0.3 is 5.97 Å². The molecule has 0 aliphatic heterocycles. The van der Waals surface area contributed by atoms with Crippen LogP contribution in [0.3, 0.4) is 0 Å². The third-order valence-electron chi connectivity index (χ3n) is 4.79. The summed E-state index contributed by atoms with van der Waals surface area (Å²) >= 11 is 0. The fraction of sp³-hybridized carbons (Fsp3) is 0.120. The Morgan fingerprint density at radius 1 is 1.06 bits per heavy atom. The number of carbonyl (C=O) groups excluding carboxylic acids is 3. The van der Waals surface area contributed by atoms with Gasteiger partial charge in [0.1, 0.15) is 6.54 Å². The molecule has 168 valence electrons. The van der Waals surface area contributed by atoms with Crippen LogP contribution in [0.2, 0.25) is 0 Å². The molecule has 0 atom stereocenters. The van der Waals surface area contributed by atoms with Gasteiger partial charge in [-0.05, 0) is 58.7 Å². The second-order valence-electron chi connectivity index (χ2n) is 7.02. The number of esters is 1. The number of anilines is 1. The summed E-state index contributed by atoms with van der Waals surface area (Å²) in [7, 11) is 1.25. The molecular formula is C25H24N4O4. The Hall–Kier alpha value is -4.30. The van der Waals surface area contributed by atoms with E-state index in [2.05, 4.69) is 20.4 Å². The van der Waals surface area contributed by atoms with Gasteiger partial charge in [0.2, 0.25) is 5.91 Å². The van der Waals surface area contributed by atoms with Crippen LogP contribution in [0.4, 0.5) is 5.69 Å². The molecule has 0 saturated carbocycles. The molecule has 0 aliphatic rings. The number of pyridine rings is 1. The van der Waals surface area contributed by atoms with Gasteiger partial charge in [0.15, 0.2) is 0 Å². The van der Waals surface area contributed by atoms with Crippen LogP contribution in [-0.4, -0.2) is 36.4 Å². The highest BCUT2D eigenvalue weighted by Gasteiger charge is 2.11. The van der Waals surface area contributed by atoms with Crippen molar-refractivity contribution in [1.29, 1.82) is 0 Å². The monoisotopic (exact) mass is 444 g/mol. The van der Waals surface area contributed by atoms with Gasteiger partial charge in [0, 0.05) is 36.3 Å². The molecule has 8 heteroatoms. The van der Waals surface area contributed by atoms with Crippen LogP contribution in [0.5, 0.6) is 0 Å². The number of amides is 2. The normalized spacial score (nSPS) is 10.6. The standard InChI is InChI=1S/C25H24N4O4/c1-33-24(31)16-28-23(30)8-5-17-3-2-4-18(13-17)22-14-19(6-7-20(22)15-26)25(32)29-21-9-11-27-12-10-21/h2-14H,15-16,26H2,1H3,(H,28,30)(H,27,29,32). The van der Waals surface area contributed by atoms with E-state index in [9.17, 15) is 14.4 Å². The molecule has 8 nitrogen and oxygen atoms in total. The molecule has 1 aromatic heterocycles. The smallest absolute Gasteiger partial charge is 0.325 e. The van der Waals surface area contributed by atoms with E-state index in [0.717, 1.165) is 22.3 Å². The number of ether oxygens (including phenoxy) is 1. The Morgan fingerprint density at radius 2 is 1.85 bits per heavy atom. The maximum absolute atomic E-state index is 12.7. The van der Waals surface area contributed by atoms with Crippen molar-refractivity contribution in [3.05, 3.63) is 89.8 Å². The van der Waals surface area contributed by atoms with Crippen LogP contribution in [0.15, 0.2) is 73.1 Å². The Kier molecular flexibility index (Phi) is 8.04. The van der Waals surface area contributed by atoms with E-state index in [1.54, 1.807) is 42.7 Å². The van der Waals surface area contributed by atoms with Gasteiger partial charge in [-0.3, -0.25) is 19.4 Å². The van der Waals surface area contributed by atoms with Gasteiger partial charge in [-0.25, -0.2) is 0 Å². The lowest BCUT2D eigenvalue weighted by Crippen LogP contribution is -2.28. The van der Waals surface area contributed by atoms with Gasteiger partial charge in [-0.1, -0.05) is 24.3 Å². The van der Waals surface area contributed by atoms with Gasteiger partial charge in [0.25, 0.3) is 5.91 Å². The summed E-state index contributed by atoms with van der Waals surface area (Å²) in [5.41, 5.74) is 10.4. The number of benzene rings is 2. The molecule has 0 fully saturated rings. The first kappa shape index (κ1) is 23.4. The molecule has 4 N–H and O–H groups in total. The number of nitrogens with zero attached hydrogens (tertiary/aromatic N) is 1. The number of rotatable bonds is 8. The number of nitrogens with one attached hydrogen (secondary N) is 2. The Bertz CT molecular complexity index is 1180. The van der Waals surface area contributed by atoms with E-state index in [1.807, 2.05) is 30.3 Å². The zero-order valence-corrected chi connectivity index (χ0v) is 18.1. The number of carbonyl (C=O) groups is 3. The maximum Gasteiger partial charge on any atom is 0.325 e.